The minimum Gasteiger partial charge on any atom is -0.381 e. The maximum absolute atomic E-state index is 5.38. The second kappa shape index (κ2) is 7.04. The van der Waals surface area contributed by atoms with E-state index in [2.05, 4.69) is 29.6 Å². The Morgan fingerprint density at radius 1 is 1.24 bits per heavy atom. The molecule has 0 bridgehead atoms. The van der Waals surface area contributed by atoms with E-state index in [0.717, 1.165) is 25.7 Å². The lowest BCUT2D eigenvalue weighted by molar-refractivity contribution is 0.0728. The summed E-state index contributed by atoms with van der Waals surface area (Å²) in [5.41, 5.74) is 1.35. The van der Waals surface area contributed by atoms with Crippen LogP contribution in [0.25, 0.3) is 0 Å². The first-order chi connectivity index (χ1) is 8.38. The number of benzene rings is 1. The van der Waals surface area contributed by atoms with E-state index in [1.54, 1.807) is 0 Å². The van der Waals surface area contributed by atoms with Crippen LogP contribution in [-0.2, 0) is 11.3 Å². The maximum atomic E-state index is 5.38. The topological polar surface area (TPSA) is 21.3 Å². The highest BCUT2D eigenvalue weighted by Crippen LogP contribution is 2.25. The van der Waals surface area contributed by atoms with E-state index in [0.29, 0.717) is 0 Å². The quantitative estimate of drug-likeness (QED) is 0.813. The van der Waals surface area contributed by atoms with E-state index in [1.165, 1.54) is 29.1 Å². The van der Waals surface area contributed by atoms with Crippen LogP contribution in [0.4, 0.5) is 0 Å². The molecule has 1 aliphatic rings. The van der Waals surface area contributed by atoms with Gasteiger partial charge in [-0.2, -0.15) is 0 Å². The van der Waals surface area contributed by atoms with Gasteiger partial charge in [0.15, 0.2) is 0 Å². The third kappa shape index (κ3) is 4.34. The Balaban J connectivity index is 1.77. The average molecular weight is 251 g/mol. The van der Waals surface area contributed by atoms with Crippen LogP contribution < -0.4 is 5.32 Å². The van der Waals surface area contributed by atoms with Crippen LogP contribution in [0.15, 0.2) is 29.2 Å². The Hall–Kier alpha value is -0.510. The smallest absolute Gasteiger partial charge is 0.0468 e. The third-order valence-corrected chi connectivity index (χ3v) is 4.37. The minimum atomic E-state index is 0.839. The van der Waals surface area contributed by atoms with Crippen molar-refractivity contribution in [1.29, 1.82) is 0 Å². The minimum absolute atomic E-state index is 0.839. The Morgan fingerprint density at radius 3 is 2.59 bits per heavy atom. The summed E-state index contributed by atoms with van der Waals surface area (Å²) in [6, 6.07) is 8.89. The first-order valence-corrected chi connectivity index (χ1v) is 7.31. The van der Waals surface area contributed by atoms with Crippen molar-refractivity contribution in [2.45, 2.75) is 24.3 Å². The Morgan fingerprint density at radius 2 is 1.94 bits per heavy atom. The summed E-state index contributed by atoms with van der Waals surface area (Å²) < 4.78 is 5.38. The van der Waals surface area contributed by atoms with Crippen LogP contribution in [0.5, 0.6) is 0 Å². The summed E-state index contributed by atoms with van der Waals surface area (Å²) in [4.78, 5) is 1.39. The largest absolute Gasteiger partial charge is 0.381 e. The lowest BCUT2D eigenvalue weighted by Crippen LogP contribution is -2.17. The van der Waals surface area contributed by atoms with Gasteiger partial charge < -0.3 is 10.1 Å². The van der Waals surface area contributed by atoms with Crippen molar-refractivity contribution in [2.75, 3.05) is 26.0 Å². The van der Waals surface area contributed by atoms with Gasteiger partial charge in [-0.3, -0.25) is 0 Å². The highest BCUT2D eigenvalue weighted by atomic mass is 32.2. The molecule has 1 N–H and O–H groups in total. The van der Waals surface area contributed by atoms with E-state index in [4.69, 9.17) is 4.74 Å². The molecule has 1 aliphatic heterocycles. The SMILES string of the molecule is CNCc1ccc(SCC2CCOCC2)cc1. The second-order valence-corrected chi connectivity index (χ2v) is 5.63. The molecule has 1 aromatic carbocycles. The zero-order chi connectivity index (χ0) is 11.9. The monoisotopic (exact) mass is 251 g/mol. The summed E-state index contributed by atoms with van der Waals surface area (Å²) in [7, 11) is 1.98. The van der Waals surface area contributed by atoms with Crippen molar-refractivity contribution in [3.05, 3.63) is 29.8 Å². The van der Waals surface area contributed by atoms with Crippen LogP contribution in [0.3, 0.4) is 0 Å². The fourth-order valence-corrected chi connectivity index (χ4v) is 3.12. The van der Waals surface area contributed by atoms with Gasteiger partial charge in [-0.05, 0) is 43.5 Å². The normalized spacial score (nSPS) is 17.2. The maximum Gasteiger partial charge on any atom is 0.0468 e. The Labute approximate surface area is 108 Å². The molecule has 2 rings (SSSR count). The first kappa shape index (κ1) is 12.9. The number of hydrogen-bond acceptors (Lipinski definition) is 3. The predicted octanol–water partition coefficient (Wildman–Crippen LogP) is 2.92. The van der Waals surface area contributed by atoms with Crippen molar-refractivity contribution in [1.82, 2.24) is 5.32 Å². The van der Waals surface area contributed by atoms with Crippen molar-refractivity contribution >= 4 is 11.8 Å². The van der Waals surface area contributed by atoms with E-state index >= 15 is 0 Å². The highest BCUT2D eigenvalue weighted by Gasteiger charge is 2.13. The van der Waals surface area contributed by atoms with Gasteiger partial charge in [-0.1, -0.05) is 12.1 Å². The van der Waals surface area contributed by atoms with E-state index in [-0.39, 0.29) is 0 Å². The zero-order valence-corrected chi connectivity index (χ0v) is 11.3. The second-order valence-electron chi connectivity index (χ2n) is 4.54. The first-order valence-electron chi connectivity index (χ1n) is 6.32. The fourth-order valence-electron chi connectivity index (χ4n) is 2.03. The summed E-state index contributed by atoms with van der Waals surface area (Å²) in [6.45, 7) is 2.85. The van der Waals surface area contributed by atoms with Crippen molar-refractivity contribution in [3.63, 3.8) is 0 Å². The number of rotatable bonds is 5. The van der Waals surface area contributed by atoms with Gasteiger partial charge in [0.2, 0.25) is 0 Å². The molecule has 1 fully saturated rings. The molecular formula is C14H21NOS. The van der Waals surface area contributed by atoms with Crippen LogP contribution >= 0.6 is 11.8 Å². The lowest BCUT2D eigenvalue weighted by Gasteiger charge is -2.21. The summed E-state index contributed by atoms with van der Waals surface area (Å²) in [6.07, 6.45) is 2.45. The molecule has 0 aromatic heterocycles. The number of hydrogen-bond donors (Lipinski definition) is 1. The average Bonchev–Trinajstić information content (AvgIpc) is 2.40. The van der Waals surface area contributed by atoms with Gasteiger partial charge in [0.25, 0.3) is 0 Å². The van der Waals surface area contributed by atoms with Gasteiger partial charge in [0.1, 0.15) is 0 Å². The highest BCUT2D eigenvalue weighted by molar-refractivity contribution is 7.99. The molecule has 2 nitrogen and oxygen atoms in total. The molecule has 94 valence electrons. The third-order valence-electron chi connectivity index (χ3n) is 3.13. The van der Waals surface area contributed by atoms with E-state index < -0.39 is 0 Å². The Bertz CT molecular complexity index is 319. The summed E-state index contributed by atoms with van der Waals surface area (Å²) >= 11 is 1.98. The fraction of sp³-hybridized carbons (Fsp3) is 0.571. The van der Waals surface area contributed by atoms with Crippen molar-refractivity contribution in [3.8, 4) is 0 Å². The van der Waals surface area contributed by atoms with Crippen LogP contribution in [0.1, 0.15) is 18.4 Å². The molecular weight excluding hydrogens is 230 g/mol. The molecule has 0 unspecified atom stereocenters. The van der Waals surface area contributed by atoms with Crippen LogP contribution in [-0.4, -0.2) is 26.0 Å². The molecule has 0 radical (unpaired) electrons. The van der Waals surface area contributed by atoms with Crippen molar-refractivity contribution in [2.24, 2.45) is 5.92 Å². The predicted molar refractivity (Wildman–Crippen MR) is 73.5 cm³/mol. The molecule has 1 heterocycles. The number of ether oxygens (including phenoxy) is 1. The molecule has 3 heteroatoms. The molecule has 1 saturated heterocycles. The molecule has 0 atom stereocenters. The van der Waals surface area contributed by atoms with Crippen molar-refractivity contribution < 1.29 is 4.74 Å². The van der Waals surface area contributed by atoms with Gasteiger partial charge in [0.05, 0.1) is 0 Å². The van der Waals surface area contributed by atoms with Gasteiger partial charge in [-0.15, -0.1) is 11.8 Å². The molecule has 0 amide bonds. The molecule has 0 spiro atoms. The van der Waals surface area contributed by atoms with E-state index in [1.807, 2.05) is 18.8 Å². The van der Waals surface area contributed by atoms with Crippen LogP contribution in [0, 0.1) is 5.92 Å². The standard InChI is InChI=1S/C14H21NOS/c1-15-10-12-2-4-14(5-3-12)17-11-13-6-8-16-9-7-13/h2-5,13,15H,6-11H2,1H3. The van der Waals surface area contributed by atoms with Crippen LogP contribution in [0.2, 0.25) is 0 Å². The van der Waals surface area contributed by atoms with E-state index in [9.17, 15) is 0 Å². The number of nitrogens with one attached hydrogen (secondary N) is 1. The van der Waals surface area contributed by atoms with Gasteiger partial charge in [0, 0.05) is 30.4 Å². The molecule has 0 aliphatic carbocycles. The summed E-state index contributed by atoms with van der Waals surface area (Å²) in [5, 5.41) is 3.17. The summed E-state index contributed by atoms with van der Waals surface area (Å²) in [5.74, 6) is 2.07. The lowest BCUT2D eigenvalue weighted by atomic mass is 10.0. The molecule has 0 saturated carbocycles. The molecule has 17 heavy (non-hydrogen) atoms. The molecule has 1 aromatic rings. The Kier molecular flexibility index (Phi) is 5.36. The zero-order valence-electron chi connectivity index (χ0n) is 10.4. The van der Waals surface area contributed by atoms with Gasteiger partial charge in [-0.25, -0.2) is 0 Å². The number of thioether (sulfide) groups is 1. The van der Waals surface area contributed by atoms with Gasteiger partial charge >= 0.3 is 0 Å².